The number of carbonyl (C=O) groups is 5. The van der Waals surface area contributed by atoms with E-state index in [1.54, 1.807) is 59.7 Å². The molecule has 0 radical (unpaired) electrons. The zero-order valence-corrected chi connectivity index (χ0v) is 43.3. The van der Waals surface area contributed by atoms with E-state index < -0.39 is 23.9 Å². The number of esters is 1. The molecule has 2 saturated heterocycles. The molecule has 4 aromatic rings. The molecule has 2 aromatic heterocycles. The van der Waals surface area contributed by atoms with Crippen LogP contribution in [0.5, 0.6) is 0 Å². The first-order chi connectivity index (χ1) is 37.0. The predicted molar refractivity (Wildman–Crippen MR) is 279 cm³/mol. The molecule has 1 unspecified atom stereocenters. The lowest BCUT2D eigenvalue weighted by Gasteiger charge is -2.28. The average molecular weight is 1090 g/mol. The fraction of sp³-hybridized carbons (Fsp3) is 0.460. The van der Waals surface area contributed by atoms with Gasteiger partial charge in [0.05, 0.1) is 82.8 Å². The van der Waals surface area contributed by atoms with Crippen LogP contribution in [0.3, 0.4) is 0 Å². The first-order valence-corrected chi connectivity index (χ1v) is 26.2. The summed E-state index contributed by atoms with van der Waals surface area (Å²) in [6, 6.07) is 12.0. The summed E-state index contributed by atoms with van der Waals surface area (Å²) < 4.78 is 38.2. The van der Waals surface area contributed by atoms with E-state index in [-0.39, 0.29) is 92.4 Å². The number of fused-ring (bicyclic) bond motifs is 1. The Morgan fingerprint density at radius 2 is 1.76 bits per heavy atom. The molecule has 404 valence electrons. The third kappa shape index (κ3) is 16.7. The van der Waals surface area contributed by atoms with E-state index in [1.165, 1.54) is 19.2 Å². The van der Waals surface area contributed by atoms with Crippen LogP contribution in [-0.2, 0) is 46.5 Å². The van der Waals surface area contributed by atoms with Crippen molar-refractivity contribution in [3.8, 4) is 0 Å². The number of ether oxygens (including phenoxy) is 4. The zero-order chi connectivity index (χ0) is 53.7. The van der Waals surface area contributed by atoms with Crippen LogP contribution in [-0.4, -0.2) is 138 Å². The van der Waals surface area contributed by atoms with Gasteiger partial charge in [-0.1, -0.05) is 46.5 Å². The molecule has 5 amide bonds. The molecule has 3 aliphatic rings. The molecule has 0 spiro atoms. The van der Waals surface area contributed by atoms with Gasteiger partial charge in [0, 0.05) is 75.2 Å². The van der Waals surface area contributed by atoms with Gasteiger partial charge >= 0.3 is 12.0 Å². The van der Waals surface area contributed by atoms with E-state index in [0.717, 1.165) is 24.7 Å². The Bertz CT molecular complexity index is 2750. The average Bonchev–Trinajstić information content (AvgIpc) is 4.18. The first-order valence-electron chi connectivity index (χ1n) is 24.8. The van der Waals surface area contributed by atoms with Gasteiger partial charge in [0.15, 0.2) is 0 Å². The summed E-state index contributed by atoms with van der Waals surface area (Å²) >= 11 is 8.29. The van der Waals surface area contributed by atoms with Crippen molar-refractivity contribution in [1.82, 2.24) is 51.9 Å². The zero-order valence-electron chi connectivity index (χ0n) is 41.8. The number of carbonyl (C=O) groups excluding carboxylic acids is 5. The Labute approximate surface area is 446 Å². The number of pyridine rings is 1. The molecule has 5 heterocycles. The number of methoxy groups -OCH3 is 1. The molecule has 0 bridgehead atoms. The lowest BCUT2D eigenvalue weighted by molar-refractivity contribution is -0.136. The standard InChI is InChI=1S/C50H60ClFN14O9S/c1-72-49(70)43-39(58-46(31-15-18-54-19-16-31)60-44(43)36-14-11-33(52)26-37(36)51)29-75-28-35-27-66(65-63-35)21-23-74-25-24-73-22-20-56-48(69)38(6-4-5-17-55-47(68)32-9-12-34(13-10-32)62-64-53)57-42(67)8-3-2-7-41-45-40(30-76-41)59-50(71)61-45/h9-16,18-19,26-27,38,40-41,44-45H,2-8,17,20-25,28-30H2,1H3,(H,55,68)(H,56,69)(H,57,67)(H,58,60)(H2,59,61,71)/t38-,40-,41-,44?,45-/m0/s1. The Morgan fingerprint density at radius 3 is 2.54 bits per heavy atom. The number of urea groups is 1. The van der Waals surface area contributed by atoms with Crippen molar-refractivity contribution in [2.24, 2.45) is 10.1 Å². The molecule has 6 N–H and O–H groups in total. The monoisotopic (exact) mass is 1090 g/mol. The molecule has 23 nitrogen and oxygen atoms in total. The highest BCUT2D eigenvalue weighted by Crippen LogP contribution is 2.37. The predicted octanol–water partition coefficient (Wildman–Crippen LogP) is 5.10. The van der Waals surface area contributed by atoms with E-state index in [2.05, 4.69) is 57.2 Å². The Balaban J connectivity index is 0.802. The maximum atomic E-state index is 14.0. The van der Waals surface area contributed by atoms with Crippen molar-refractivity contribution < 1.29 is 47.3 Å². The van der Waals surface area contributed by atoms with Crippen LogP contribution in [0.2, 0.25) is 5.02 Å². The second-order valence-corrected chi connectivity index (χ2v) is 19.4. The molecule has 5 atom stereocenters. The topological polar surface area (TPSA) is 299 Å². The Hall–Kier alpha value is -7.15. The third-order valence-electron chi connectivity index (χ3n) is 12.4. The van der Waals surface area contributed by atoms with Gasteiger partial charge in [-0.15, -0.1) is 5.10 Å². The van der Waals surface area contributed by atoms with Gasteiger partial charge < -0.3 is 50.8 Å². The molecule has 76 heavy (non-hydrogen) atoms. The van der Waals surface area contributed by atoms with Crippen molar-refractivity contribution in [2.75, 3.05) is 59.0 Å². The summed E-state index contributed by atoms with van der Waals surface area (Å²) in [7, 11) is 1.25. The summed E-state index contributed by atoms with van der Waals surface area (Å²) in [5.74, 6) is -0.772. The van der Waals surface area contributed by atoms with Gasteiger partial charge in [0.2, 0.25) is 11.8 Å². The van der Waals surface area contributed by atoms with Crippen LogP contribution in [0.15, 0.2) is 94.6 Å². The fourth-order valence-corrected chi connectivity index (χ4v) is 10.4. The second kappa shape index (κ2) is 29.2. The van der Waals surface area contributed by atoms with E-state index in [1.807, 2.05) is 11.8 Å². The third-order valence-corrected chi connectivity index (χ3v) is 14.3. The SMILES string of the molecule is COC(=O)C1=C(COCc2cn(CCOCCOCCNC(=O)[C@H](CCCCNC(=O)c3ccc(N=[N+]=[N-])cc3)NC(=O)CCCC[C@@H]3SC[C@@H]4NC(=O)N[C@@H]43)nn2)NC(c2ccncc2)=NC1c1ccc(F)cc1Cl. The van der Waals surface area contributed by atoms with Crippen LogP contribution < -0.4 is 31.9 Å². The molecule has 0 aliphatic carbocycles. The van der Waals surface area contributed by atoms with Crippen molar-refractivity contribution in [1.29, 1.82) is 0 Å². The van der Waals surface area contributed by atoms with Gasteiger partial charge in [-0.3, -0.25) is 24.4 Å². The highest BCUT2D eigenvalue weighted by Gasteiger charge is 2.42. The van der Waals surface area contributed by atoms with Gasteiger partial charge in [-0.05, 0) is 74.0 Å². The summed E-state index contributed by atoms with van der Waals surface area (Å²) in [5.41, 5.74) is 11.6. The quantitative estimate of drug-likeness (QED) is 0.00989. The number of aromatic nitrogens is 4. The number of nitrogens with one attached hydrogen (secondary N) is 6. The number of amidine groups is 1. The van der Waals surface area contributed by atoms with Gasteiger partial charge in [-0.2, -0.15) is 11.8 Å². The molecular formula is C50H60ClFN14O9S. The smallest absolute Gasteiger partial charge is 0.338 e. The number of halogens is 2. The van der Waals surface area contributed by atoms with Crippen LogP contribution >= 0.6 is 23.4 Å². The first kappa shape index (κ1) is 56.6. The maximum absolute atomic E-state index is 14.0. The summed E-state index contributed by atoms with van der Waals surface area (Å²) in [6.45, 7) is 1.97. The van der Waals surface area contributed by atoms with Crippen LogP contribution in [0.4, 0.5) is 14.9 Å². The Morgan fingerprint density at radius 1 is 0.961 bits per heavy atom. The molecule has 7 rings (SSSR count). The molecule has 2 aromatic carbocycles. The number of unbranched alkanes of at least 4 members (excludes halogenated alkanes) is 2. The van der Waals surface area contributed by atoms with Crippen molar-refractivity contribution in [2.45, 2.75) is 87.5 Å². The van der Waals surface area contributed by atoms with Gasteiger partial charge in [-0.25, -0.2) is 18.7 Å². The minimum absolute atomic E-state index is 0.0451. The van der Waals surface area contributed by atoms with Crippen molar-refractivity contribution in [3.63, 3.8) is 0 Å². The summed E-state index contributed by atoms with van der Waals surface area (Å²) in [6.07, 6.45) is 8.96. The summed E-state index contributed by atoms with van der Waals surface area (Å²) in [5, 5.41) is 30.0. The number of aliphatic imine (C=N–C) groups is 1. The number of amides is 5. The second-order valence-electron chi connectivity index (χ2n) is 17.7. The number of azide groups is 1. The minimum atomic E-state index is -0.933. The van der Waals surface area contributed by atoms with Gasteiger partial charge in [0.1, 0.15) is 29.4 Å². The van der Waals surface area contributed by atoms with E-state index in [4.69, 9.17) is 41.1 Å². The van der Waals surface area contributed by atoms with Crippen LogP contribution in [0.25, 0.3) is 10.4 Å². The van der Waals surface area contributed by atoms with Crippen LogP contribution in [0, 0.1) is 5.82 Å². The number of hydrogen-bond donors (Lipinski definition) is 6. The number of nitrogens with zero attached hydrogens (tertiary/aromatic N) is 8. The van der Waals surface area contributed by atoms with E-state index in [9.17, 15) is 28.4 Å². The number of rotatable bonds is 30. The van der Waals surface area contributed by atoms with Crippen LogP contribution in [0.1, 0.15) is 78.2 Å². The normalized spacial score (nSPS) is 18.0. The lowest BCUT2D eigenvalue weighted by atomic mass is 9.95. The largest absolute Gasteiger partial charge is 0.466 e. The fourth-order valence-electron chi connectivity index (χ4n) is 8.60. The summed E-state index contributed by atoms with van der Waals surface area (Å²) in [4.78, 5) is 75.6. The maximum Gasteiger partial charge on any atom is 0.338 e. The number of hydrogen-bond acceptors (Lipinski definition) is 16. The highest BCUT2D eigenvalue weighted by atomic mass is 35.5. The van der Waals surface area contributed by atoms with Gasteiger partial charge in [0.25, 0.3) is 5.91 Å². The lowest BCUT2D eigenvalue weighted by Crippen LogP contribution is -2.47. The van der Waals surface area contributed by atoms with Crippen molar-refractivity contribution in [3.05, 3.63) is 128 Å². The molecule has 3 aliphatic heterocycles. The minimum Gasteiger partial charge on any atom is -0.466 e. The van der Waals surface area contributed by atoms with Crippen molar-refractivity contribution >= 4 is 64.6 Å². The highest BCUT2D eigenvalue weighted by molar-refractivity contribution is 8.00. The molecule has 2 fully saturated rings. The molecular weight excluding hydrogens is 1030 g/mol. The van der Waals surface area contributed by atoms with E-state index >= 15 is 0 Å². The molecule has 26 heteroatoms. The Kier molecular flexibility index (Phi) is 21.8. The van der Waals surface area contributed by atoms with E-state index in [0.29, 0.717) is 90.2 Å². The molecule has 0 saturated carbocycles. The number of thioether (sulfide) groups is 1. The number of benzene rings is 2.